The van der Waals surface area contributed by atoms with Crippen LogP contribution in [0.2, 0.25) is 0 Å². The molecule has 0 unspecified atom stereocenters. The van der Waals surface area contributed by atoms with Gasteiger partial charge in [-0.2, -0.15) is 0 Å². The van der Waals surface area contributed by atoms with Crippen LogP contribution in [-0.4, -0.2) is 56.5 Å². The fraction of sp³-hybridized carbons (Fsp3) is 0.278. The first-order valence-corrected chi connectivity index (χ1v) is 8.49. The van der Waals surface area contributed by atoms with Crippen molar-refractivity contribution < 1.29 is 9.90 Å². The summed E-state index contributed by atoms with van der Waals surface area (Å²) < 4.78 is 1.81. The van der Waals surface area contributed by atoms with Crippen molar-refractivity contribution in [2.75, 3.05) is 30.3 Å². The average molecular weight is 352 g/mol. The maximum atomic E-state index is 11.2. The van der Waals surface area contributed by atoms with Crippen LogP contribution in [0.3, 0.4) is 0 Å². The summed E-state index contributed by atoms with van der Waals surface area (Å²) in [5, 5.41) is 14.6. The molecule has 0 radical (unpaired) electrons. The summed E-state index contributed by atoms with van der Waals surface area (Å²) in [5.74, 6) is 1.29. The Hall–Kier alpha value is -3.29. The number of hydrogen-bond acceptors (Lipinski definition) is 5. The first-order valence-electron chi connectivity index (χ1n) is 8.49. The number of piperazine rings is 1. The van der Waals surface area contributed by atoms with Crippen molar-refractivity contribution in [3.05, 3.63) is 42.6 Å². The molecule has 1 aliphatic heterocycles. The number of anilines is 2. The van der Waals surface area contributed by atoms with Crippen LogP contribution in [0.4, 0.5) is 16.4 Å². The molecule has 1 saturated heterocycles. The summed E-state index contributed by atoms with van der Waals surface area (Å²) in [4.78, 5) is 19.2. The molecule has 0 aliphatic carbocycles. The van der Waals surface area contributed by atoms with E-state index < -0.39 is 6.09 Å². The second-order valence-corrected chi connectivity index (χ2v) is 6.46. The molecule has 1 atom stereocenters. The van der Waals surface area contributed by atoms with Crippen molar-refractivity contribution in [2.45, 2.75) is 13.0 Å². The number of nitrogens with zero attached hydrogens (tertiary/aromatic N) is 5. The third kappa shape index (κ3) is 2.69. The molecule has 8 nitrogen and oxygen atoms in total. The van der Waals surface area contributed by atoms with Gasteiger partial charge in [-0.1, -0.05) is 12.1 Å². The molecule has 8 heteroatoms. The smallest absolute Gasteiger partial charge is 0.407 e. The lowest BCUT2D eigenvalue weighted by Gasteiger charge is -2.39. The average Bonchev–Trinajstić information content (AvgIpc) is 2.99. The monoisotopic (exact) mass is 352 g/mol. The Balaban J connectivity index is 1.68. The lowest BCUT2D eigenvalue weighted by molar-refractivity contribution is 0.136. The van der Waals surface area contributed by atoms with Crippen LogP contribution in [0.5, 0.6) is 0 Å². The van der Waals surface area contributed by atoms with Crippen LogP contribution < -0.4 is 10.6 Å². The van der Waals surface area contributed by atoms with Crippen molar-refractivity contribution in [1.82, 2.24) is 19.7 Å². The SMILES string of the molecule is C[C@@H]1CN(C(=O)O)CCN1c1cc(-n2nc(N)c3ccccc32)ccn1. The number of hydrogen-bond donors (Lipinski definition) is 2. The van der Waals surface area contributed by atoms with Gasteiger partial charge in [-0.25, -0.2) is 14.5 Å². The second kappa shape index (κ2) is 6.21. The van der Waals surface area contributed by atoms with Crippen LogP contribution in [0.1, 0.15) is 6.92 Å². The topological polar surface area (TPSA) is 101 Å². The highest BCUT2D eigenvalue weighted by Crippen LogP contribution is 2.26. The molecule has 1 aliphatic rings. The molecule has 2 aromatic heterocycles. The van der Waals surface area contributed by atoms with E-state index in [1.807, 2.05) is 48.0 Å². The summed E-state index contributed by atoms with van der Waals surface area (Å²) in [6, 6.07) is 11.7. The van der Waals surface area contributed by atoms with E-state index in [-0.39, 0.29) is 6.04 Å². The lowest BCUT2D eigenvalue weighted by atomic mass is 10.2. The minimum absolute atomic E-state index is 0.0436. The molecule has 1 amide bonds. The maximum absolute atomic E-state index is 11.2. The summed E-state index contributed by atoms with van der Waals surface area (Å²) in [6.07, 6.45) is 0.866. The van der Waals surface area contributed by atoms with Crippen molar-refractivity contribution in [3.63, 3.8) is 0 Å². The van der Waals surface area contributed by atoms with Crippen molar-refractivity contribution in [1.29, 1.82) is 0 Å². The Labute approximate surface area is 150 Å². The quantitative estimate of drug-likeness (QED) is 0.733. The Morgan fingerprint density at radius 1 is 1.27 bits per heavy atom. The van der Waals surface area contributed by atoms with Crippen LogP contribution >= 0.6 is 0 Å². The molecule has 134 valence electrons. The number of benzene rings is 1. The van der Waals surface area contributed by atoms with E-state index in [1.165, 1.54) is 4.90 Å². The summed E-state index contributed by atoms with van der Waals surface area (Å²) >= 11 is 0. The number of carboxylic acid groups (broad SMARTS) is 1. The van der Waals surface area contributed by atoms with E-state index in [0.717, 1.165) is 22.4 Å². The lowest BCUT2D eigenvalue weighted by Crippen LogP contribution is -2.53. The van der Waals surface area contributed by atoms with E-state index in [1.54, 1.807) is 6.20 Å². The molecule has 0 bridgehead atoms. The minimum Gasteiger partial charge on any atom is -0.465 e. The highest BCUT2D eigenvalue weighted by Gasteiger charge is 2.27. The molecule has 3 N–H and O–H groups in total. The third-order valence-corrected chi connectivity index (χ3v) is 4.78. The first-order chi connectivity index (χ1) is 12.5. The summed E-state index contributed by atoms with van der Waals surface area (Å²) in [7, 11) is 0. The van der Waals surface area contributed by atoms with Crippen LogP contribution in [0.25, 0.3) is 16.6 Å². The zero-order valence-corrected chi connectivity index (χ0v) is 14.4. The summed E-state index contributed by atoms with van der Waals surface area (Å²) in [5.41, 5.74) is 7.85. The number of pyridine rings is 1. The van der Waals surface area contributed by atoms with Crippen LogP contribution in [-0.2, 0) is 0 Å². The fourth-order valence-corrected chi connectivity index (χ4v) is 3.46. The molecular weight excluding hydrogens is 332 g/mol. The highest BCUT2D eigenvalue weighted by molar-refractivity contribution is 5.90. The third-order valence-electron chi connectivity index (χ3n) is 4.78. The Morgan fingerprint density at radius 3 is 2.85 bits per heavy atom. The maximum Gasteiger partial charge on any atom is 0.407 e. The number of fused-ring (bicyclic) bond motifs is 1. The Morgan fingerprint density at radius 2 is 2.08 bits per heavy atom. The Bertz CT molecular complexity index is 969. The van der Waals surface area contributed by atoms with E-state index >= 15 is 0 Å². The minimum atomic E-state index is -0.878. The van der Waals surface area contributed by atoms with Gasteiger partial charge in [0.1, 0.15) is 5.82 Å². The molecule has 3 heterocycles. The normalized spacial score (nSPS) is 17.7. The van der Waals surface area contributed by atoms with Gasteiger partial charge in [-0.05, 0) is 25.1 Å². The number of nitrogens with two attached hydrogens (primary N) is 1. The fourth-order valence-electron chi connectivity index (χ4n) is 3.46. The van der Waals surface area contributed by atoms with Gasteiger partial charge in [0.05, 0.1) is 11.2 Å². The number of amides is 1. The van der Waals surface area contributed by atoms with Gasteiger partial charge in [-0.3, -0.25) is 0 Å². The van der Waals surface area contributed by atoms with Crippen LogP contribution in [0, 0.1) is 0 Å². The van der Waals surface area contributed by atoms with E-state index in [2.05, 4.69) is 15.0 Å². The number of nitrogen functional groups attached to an aromatic ring is 1. The summed E-state index contributed by atoms with van der Waals surface area (Å²) in [6.45, 7) is 3.53. The van der Waals surface area contributed by atoms with E-state index in [9.17, 15) is 9.90 Å². The number of carbonyl (C=O) groups is 1. The van der Waals surface area contributed by atoms with Crippen LogP contribution in [0.15, 0.2) is 42.6 Å². The number of rotatable bonds is 2. The Kier molecular flexibility index (Phi) is 3.87. The molecular formula is C18H20N6O2. The van der Waals surface area contributed by atoms with Gasteiger partial charge in [0.15, 0.2) is 5.82 Å². The zero-order chi connectivity index (χ0) is 18.3. The van der Waals surface area contributed by atoms with Crippen molar-refractivity contribution >= 4 is 28.6 Å². The largest absolute Gasteiger partial charge is 0.465 e. The number of para-hydroxylation sites is 1. The van der Waals surface area contributed by atoms with E-state index in [0.29, 0.717) is 25.5 Å². The molecule has 0 saturated carbocycles. The van der Waals surface area contributed by atoms with Gasteiger partial charge < -0.3 is 20.6 Å². The zero-order valence-electron chi connectivity index (χ0n) is 14.4. The van der Waals surface area contributed by atoms with Gasteiger partial charge in [-0.15, -0.1) is 5.10 Å². The predicted molar refractivity (Wildman–Crippen MR) is 99.7 cm³/mol. The number of aromatic nitrogens is 3. The van der Waals surface area contributed by atoms with Crippen molar-refractivity contribution in [2.24, 2.45) is 0 Å². The highest BCUT2D eigenvalue weighted by atomic mass is 16.4. The van der Waals surface area contributed by atoms with Gasteiger partial charge in [0.25, 0.3) is 0 Å². The molecule has 4 rings (SSSR count). The molecule has 1 fully saturated rings. The molecule has 26 heavy (non-hydrogen) atoms. The van der Waals surface area contributed by atoms with Gasteiger partial charge in [0.2, 0.25) is 0 Å². The van der Waals surface area contributed by atoms with Gasteiger partial charge in [0, 0.05) is 43.3 Å². The predicted octanol–water partition coefficient (Wildman–Crippen LogP) is 2.19. The second-order valence-electron chi connectivity index (χ2n) is 6.46. The van der Waals surface area contributed by atoms with Gasteiger partial charge >= 0.3 is 6.09 Å². The van der Waals surface area contributed by atoms with E-state index in [4.69, 9.17) is 5.73 Å². The molecule has 3 aromatic rings. The standard InChI is InChI=1S/C18H20N6O2/c1-12-11-22(18(25)26)8-9-23(12)16-10-13(6-7-20-16)24-15-5-3-2-4-14(15)17(19)21-24/h2-7,10,12H,8-9,11H2,1H3,(H2,19,21)(H,25,26)/t12-/m1/s1. The first kappa shape index (κ1) is 16.2. The molecule has 1 aromatic carbocycles. The van der Waals surface area contributed by atoms with Crippen molar-refractivity contribution in [3.8, 4) is 5.69 Å². The molecule has 0 spiro atoms.